The van der Waals surface area contributed by atoms with Crippen molar-refractivity contribution in [3.63, 3.8) is 0 Å². The fourth-order valence-electron chi connectivity index (χ4n) is 7.71. The van der Waals surface area contributed by atoms with Gasteiger partial charge in [0.2, 0.25) is 12.2 Å². The van der Waals surface area contributed by atoms with Crippen molar-refractivity contribution in [1.29, 1.82) is 0 Å². The third kappa shape index (κ3) is 11.1. The van der Waals surface area contributed by atoms with E-state index in [4.69, 9.17) is 18.9 Å². The Morgan fingerprint density at radius 3 is 0.943 bits per heavy atom. The van der Waals surface area contributed by atoms with Crippen LogP contribution in [0.3, 0.4) is 0 Å². The Bertz CT molecular complexity index is 2840. The molecule has 0 aromatic heterocycles. The van der Waals surface area contributed by atoms with Crippen LogP contribution in [0.5, 0.6) is 11.5 Å². The summed E-state index contributed by atoms with van der Waals surface area (Å²) >= 11 is 4.05. The molecule has 358 valence electrons. The van der Waals surface area contributed by atoms with Gasteiger partial charge in [-0.2, -0.15) is 0 Å². The van der Waals surface area contributed by atoms with Crippen molar-refractivity contribution in [3.8, 4) is 11.5 Å². The molecule has 0 fully saturated rings. The molecule has 0 aliphatic rings. The second-order valence-electron chi connectivity index (χ2n) is 18.4. The van der Waals surface area contributed by atoms with Crippen LogP contribution in [-0.2, 0) is 28.2 Å². The fraction of sp³-hybridized carbons (Fsp3) is 0.179. The van der Waals surface area contributed by atoms with Gasteiger partial charge in [-0.1, -0.05) is 187 Å². The number of carbonyl (C=O) groups excluding carboxylic acids is 4. The number of esters is 4. The molecule has 0 heterocycles. The molecule has 0 aliphatic heterocycles. The highest BCUT2D eigenvalue weighted by atomic mass is 127. The van der Waals surface area contributed by atoms with Crippen molar-refractivity contribution in [2.24, 2.45) is 10.8 Å². The van der Waals surface area contributed by atoms with Gasteiger partial charge in [0, 0.05) is 42.7 Å². The Kier molecular flexibility index (Phi) is 16.2. The van der Waals surface area contributed by atoms with Crippen LogP contribution in [0.15, 0.2) is 182 Å². The van der Waals surface area contributed by atoms with Gasteiger partial charge < -0.3 is 28.1 Å². The van der Waals surface area contributed by atoms with Crippen LogP contribution in [0, 0.1) is 18.0 Å². The first-order chi connectivity index (χ1) is 33.3. The largest absolute Gasteiger partial charge is 0.446 e. The Morgan fingerprint density at radius 2 is 0.671 bits per heavy atom. The van der Waals surface area contributed by atoms with Crippen molar-refractivity contribution in [3.05, 3.63) is 200 Å². The molecule has 0 aliphatic carbocycles. The van der Waals surface area contributed by atoms with E-state index in [1.54, 1.807) is 126 Å². The van der Waals surface area contributed by atoms with Crippen LogP contribution < -0.4 is 41.3 Å². The van der Waals surface area contributed by atoms with Gasteiger partial charge in [0.1, 0.15) is 11.5 Å². The van der Waals surface area contributed by atoms with E-state index in [1.807, 2.05) is 118 Å². The molecule has 0 unspecified atom stereocenters. The highest BCUT2D eigenvalue weighted by Crippen LogP contribution is 2.46. The number of hydrogen-bond donors (Lipinski definition) is 0. The number of halogens is 2. The molecule has 7 aromatic carbocycles. The van der Waals surface area contributed by atoms with Crippen molar-refractivity contribution < 1.29 is 47.3 Å². The maximum Gasteiger partial charge on any atom is 0.353 e. The van der Waals surface area contributed by atoms with Crippen LogP contribution in [-0.4, -0.2) is 36.1 Å². The smallest absolute Gasteiger partial charge is 0.353 e. The average Bonchev–Trinajstić information content (AvgIpc) is 3.35. The maximum atomic E-state index is 15.3. The summed E-state index contributed by atoms with van der Waals surface area (Å²) in [6.45, 7) is 10.2. The number of hydrogen-bond acceptors (Lipinski definition) is 10. The zero-order chi connectivity index (χ0) is 50.4. The van der Waals surface area contributed by atoms with Gasteiger partial charge in [-0.05, 0) is 81.6 Å². The lowest BCUT2D eigenvalue weighted by Crippen LogP contribution is -2.42. The first-order valence-corrected chi connectivity index (χ1v) is 27.8. The van der Waals surface area contributed by atoms with Gasteiger partial charge in [-0.15, -0.1) is 0 Å². The molecule has 10 nitrogen and oxygen atoms in total. The normalized spacial score (nSPS) is 12.8. The molecule has 0 N–H and O–H groups in total. The minimum Gasteiger partial charge on any atom is -0.446 e. The lowest BCUT2D eigenvalue weighted by atomic mass is 9.88. The van der Waals surface area contributed by atoms with Gasteiger partial charge in [0.05, 0.1) is 18.3 Å². The predicted octanol–water partition coefficient (Wildman–Crippen LogP) is 10.5. The molecule has 0 bridgehead atoms. The second-order valence-corrected chi connectivity index (χ2v) is 26.1. The molecule has 0 spiro atoms. The van der Waals surface area contributed by atoms with Crippen molar-refractivity contribution in [2.45, 2.75) is 53.8 Å². The van der Waals surface area contributed by atoms with Gasteiger partial charge in [0.15, 0.2) is 14.3 Å². The molecule has 0 saturated heterocycles. The highest BCUT2D eigenvalue weighted by molar-refractivity contribution is 14.1. The quantitative estimate of drug-likeness (QED) is 0.0447. The van der Waals surface area contributed by atoms with Gasteiger partial charge in [0.25, 0.3) is 0 Å². The van der Waals surface area contributed by atoms with Crippen molar-refractivity contribution in [1.82, 2.24) is 0 Å². The number of ether oxygens (including phenoxy) is 4. The van der Waals surface area contributed by atoms with E-state index in [0.717, 1.165) is 0 Å². The Hall–Kier alpha value is -5.66. The van der Waals surface area contributed by atoms with E-state index in [0.29, 0.717) is 39.0 Å². The van der Waals surface area contributed by atoms with E-state index >= 15 is 9.13 Å². The maximum absolute atomic E-state index is 15.3. The molecule has 70 heavy (non-hydrogen) atoms. The molecule has 14 heteroatoms. The molecule has 7 rings (SSSR count). The lowest BCUT2D eigenvalue weighted by Gasteiger charge is -2.30. The predicted molar refractivity (Wildman–Crippen MR) is 292 cm³/mol. The van der Waals surface area contributed by atoms with Crippen LogP contribution in [0.4, 0.5) is 0 Å². The minimum absolute atomic E-state index is 0.118. The molecular formula is C56H50I2O10P2. The number of benzene rings is 7. The zero-order valence-corrected chi connectivity index (χ0v) is 45.3. The summed E-state index contributed by atoms with van der Waals surface area (Å²) in [5.74, 6) is -3.60. The number of carbonyl (C=O) groups is 4. The van der Waals surface area contributed by atoms with Crippen LogP contribution in [0.2, 0.25) is 0 Å². The lowest BCUT2D eigenvalue weighted by molar-refractivity contribution is -0.151. The first-order valence-electron chi connectivity index (χ1n) is 22.2. The monoisotopic (exact) mass is 1200 g/mol. The topological polar surface area (TPSA) is 139 Å². The Balaban J connectivity index is 1.13. The van der Waals surface area contributed by atoms with Crippen LogP contribution in [0.25, 0.3) is 0 Å². The third-order valence-electron chi connectivity index (χ3n) is 11.3. The summed E-state index contributed by atoms with van der Waals surface area (Å²) in [4.78, 5) is 56.7. The van der Waals surface area contributed by atoms with Crippen LogP contribution >= 0.6 is 59.5 Å². The SMILES string of the molecule is CC(C)(C)[C@@H](OC(=O)c1ccccc1C(=O)O[C@@H](C(=O)Oc1cccc(P(=O)(c2ccccc2)c2ccccc2)c1I)C(C)(C)C)C(=O)Oc1cccc(P(=O)(c2ccccc2)c2ccccc2)c1I. The second kappa shape index (κ2) is 21.8. The van der Waals surface area contributed by atoms with E-state index < -0.39 is 61.2 Å². The first kappa shape index (κ1) is 52.2. The molecule has 0 radical (unpaired) electrons. The summed E-state index contributed by atoms with van der Waals surface area (Å²) in [6, 6.07) is 52.1. The van der Waals surface area contributed by atoms with E-state index in [2.05, 4.69) is 0 Å². The summed E-state index contributed by atoms with van der Waals surface area (Å²) < 4.78 is 55.2. The third-order valence-corrected chi connectivity index (χ3v) is 20.6. The summed E-state index contributed by atoms with van der Waals surface area (Å²) in [5.41, 5.74) is -2.47. The molecule has 2 atom stereocenters. The van der Waals surface area contributed by atoms with E-state index in [-0.39, 0.29) is 22.6 Å². The zero-order valence-electron chi connectivity index (χ0n) is 39.2. The van der Waals surface area contributed by atoms with E-state index in [1.165, 1.54) is 24.3 Å². The summed E-state index contributed by atoms with van der Waals surface area (Å²) in [7, 11) is -6.93. The number of rotatable bonds is 14. The highest BCUT2D eigenvalue weighted by Gasteiger charge is 2.42. The molecule has 7 aromatic rings. The Morgan fingerprint density at radius 1 is 0.400 bits per heavy atom. The summed E-state index contributed by atoms with van der Waals surface area (Å²) in [6.07, 6.45) is -2.98. The molecule has 0 amide bonds. The Labute approximate surface area is 435 Å². The van der Waals surface area contributed by atoms with Crippen LogP contribution in [0.1, 0.15) is 62.3 Å². The minimum atomic E-state index is -3.46. The van der Waals surface area contributed by atoms with Gasteiger partial charge >= 0.3 is 23.9 Å². The standard InChI is InChI=1S/C56H50I2O10P2/c1-55(2,3)49(53(61)65-43-33-21-35-45(47(43)57)69(63,37-23-11-7-12-24-37)38-25-13-8-14-26-38)67-51(59)41-31-19-20-32-42(41)52(60)68-50(56(4,5)6)54(62)66-44-34-22-36-46(48(44)58)70(64,39-27-15-9-16-28-39)40-29-17-10-18-30-40/h7-36,49-50H,1-6H3/t49-,50-/m0/s1. The van der Waals surface area contributed by atoms with Crippen molar-refractivity contribution in [2.75, 3.05) is 0 Å². The fourth-order valence-corrected chi connectivity index (χ4v) is 16.1. The molecular weight excluding hydrogens is 1150 g/mol. The van der Waals surface area contributed by atoms with Gasteiger partial charge in [-0.25, -0.2) is 19.2 Å². The van der Waals surface area contributed by atoms with Crippen molar-refractivity contribution >= 4 is 115 Å². The molecule has 0 saturated carbocycles. The van der Waals surface area contributed by atoms with Gasteiger partial charge in [-0.3, -0.25) is 0 Å². The summed E-state index contributed by atoms with van der Waals surface area (Å²) in [5, 5.41) is 3.33. The van der Waals surface area contributed by atoms with E-state index in [9.17, 15) is 19.2 Å². The average molecular weight is 1200 g/mol.